The van der Waals surface area contributed by atoms with Crippen LogP contribution < -0.4 is 10.6 Å². The summed E-state index contributed by atoms with van der Waals surface area (Å²) in [5.41, 5.74) is 0.467. The van der Waals surface area contributed by atoms with E-state index < -0.39 is 17.7 Å². The van der Waals surface area contributed by atoms with Crippen LogP contribution in [0.5, 0.6) is 0 Å². The van der Waals surface area contributed by atoms with Gasteiger partial charge in [0, 0.05) is 12.6 Å². The fourth-order valence-corrected chi connectivity index (χ4v) is 3.20. The molecule has 2 N–H and O–H groups in total. The van der Waals surface area contributed by atoms with E-state index in [0.717, 1.165) is 37.8 Å². The van der Waals surface area contributed by atoms with Crippen molar-refractivity contribution in [3.63, 3.8) is 0 Å². The zero-order chi connectivity index (χ0) is 16.4. The molecule has 0 radical (unpaired) electrons. The van der Waals surface area contributed by atoms with Crippen LogP contribution >= 0.6 is 0 Å². The van der Waals surface area contributed by atoms with Gasteiger partial charge in [-0.25, -0.2) is 13.6 Å². The largest absolute Gasteiger partial charge is 0.350 e. The summed E-state index contributed by atoms with van der Waals surface area (Å²) in [6, 6.07) is 2.90. The number of benzene rings is 1. The summed E-state index contributed by atoms with van der Waals surface area (Å²) in [5, 5.41) is 5.33. The van der Waals surface area contributed by atoms with Gasteiger partial charge in [-0.2, -0.15) is 0 Å². The number of amides is 3. The highest BCUT2D eigenvalue weighted by molar-refractivity contribution is 5.90. The van der Waals surface area contributed by atoms with Crippen molar-refractivity contribution >= 4 is 11.9 Å². The van der Waals surface area contributed by atoms with Crippen LogP contribution in [0.1, 0.15) is 31.2 Å². The van der Waals surface area contributed by atoms with Gasteiger partial charge in [-0.3, -0.25) is 4.79 Å². The predicted octanol–water partition coefficient (Wildman–Crippen LogP) is 1.92. The maximum absolute atomic E-state index is 13.1. The van der Waals surface area contributed by atoms with Crippen LogP contribution in [0.2, 0.25) is 0 Å². The molecule has 5 nitrogen and oxygen atoms in total. The second-order valence-electron chi connectivity index (χ2n) is 6.06. The molecular weight excluding hydrogens is 304 g/mol. The van der Waals surface area contributed by atoms with E-state index in [0.29, 0.717) is 12.1 Å². The SMILES string of the molecule is O=C(NCc1ccc(F)c(F)c1)C1CN(C2CCCC2)C(=O)N1. The molecule has 124 valence electrons. The van der Waals surface area contributed by atoms with Crippen molar-refractivity contribution in [2.45, 2.75) is 44.3 Å². The van der Waals surface area contributed by atoms with Gasteiger partial charge in [0.15, 0.2) is 11.6 Å². The van der Waals surface area contributed by atoms with Gasteiger partial charge >= 0.3 is 6.03 Å². The molecule has 3 amide bonds. The molecular formula is C16H19F2N3O2. The summed E-state index contributed by atoms with van der Waals surface area (Å²) in [6.45, 7) is 0.443. The summed E-state index contributed by atoms with van der Waals surface area (Å²) in [4.78, 5) is 25.9. The molecule has 1 heterocycles. The normalized spacial score (nSPS) is 21.6. The molecule has 1 aromatic carbocycles. The molecule has 0 aromatic heterocycles. The van der Waals surface area contributed by atoms with Gasteiger partial charge < -0.3 is 15.5 Å². The average Bonchev–Trinajstić information content (AvgIpc) is 3.17. The summed E-state index contributed by atoms with van der Waals surface area (Å²) >= 11 is 0. The van der Waals surface area contributed by atoms with E-state index >= 15 is 0 Å². The molecule has 0 spiro atoms. The highest BCUT2D eigenvalue weighted by Crippen LogP contribution is 2.25. The van der Waals surface area contributed by atoms with Crippen molar-refractivity contribution < 1.29 is 18.4 Å². The number of hydrogen-bond acceptors (Lipinski definition) is 2. The Morgan fingerprint density at radius 1 is 1.26 bits per heavy atom. The minimum Gasteiger partial charge on any atom is -0.350 e. The van der Waals surface area contributed by atoms with Crippen LogP contribution in [-0.2, 0) is 11.3 Å². The Morgan fingerprint density at radius 3 is 2.70 bits per heavy atom. The van der Waals surface area contributed by atoms with Crippen LogP contribution in [0, 0.1) is 11.6 Å². The Kier molecular flexibility index (Phi) is 4.45. The lowest BCUT2D eigenvalue weighted by Gasteiger charge is -2.22. The highest BCUT2D eigenvalue weighted by Gasteiger charge is 2.38. The lowest BCUT2D eigenvalue weighted by Crippen LogP contribution is -2.42. The Morgan fingerprint density at radius 2 is 2.00 bits per heavy atom. The maximum Gasteiger partial charge on any atom is 0.318 e. The molecule has 2 fully saturated rings. The molecule has 3 rings (SSSR count). The number of carbonyl (C=O) groups is 2. The lowest BCUT2D eigenvalue weighted by molar-refractivity contribution is -0.122. The Labute approximate surface area is 133 Å². The van der Waals surface area contributed by atoms with E-state index in [9.17, 15) is 18.4 Å². The number of urea groups is 1. The summed E-state index contributed by atoms with van der Waals surface area (Å²) < 4.78 is 26.0. The Balaban J connectivity index is 1.54. The fourth-order valence-electron chi connectivity index (χ4n) is 3.20. The van der Waals surface area contributed by atoms with Gasteiger partial charge in [0.25, 0.3) is 0 Å². The Bertz CT molecular complexity index is 617. The highest BCUT2D eigenvalue weighted by atomic mass is 19.2. The van der Waals surface area contributed by atoms with E-state index in [1.165, 1.54) is 6.07 Å². The minimum atomic E-state index is -0.946. The molecule has 1 aromatic rings. The van der Waals surface area contributed by atoms with Gasteiger partial charge in [0.2, 0.25) is 5.91 Å². The van der Waals surface area contributed by atoms with Gasteiger partial charge in [-0.15, -0.1) is 0 Å². The number of carbonyl (C=O) groups excluding carboxylic acids is 2. The topological polar surface area (TPSA) is 61.4 Å². The molecule has 1 saturated carbocycles. The first-order valence-corrected chi connectivity index (χ1v) is 7.83. The third kappa shape index (κ3) is 3.43. The van der Waals surface area contributed by atoms with Crippen LogP contribution in [0.3, 0.4) is 0 Å². The summed E-state index contributed by atoms with van der Waals surface area (Å²) in [7, 11) is 0. The second kappa shape index (κ2) is 6.52. The number of nitrogens with zero attached hydrogens (tertiary/aromatic N) is 1. The molecule has 1 unspecified atom stereocenters. The summed E-state index contributed by atoms with van der Waals surface area (Å²) in [5.74, 6) is -2.18. The summed E-state index contributed by atoms with van der Waals surface area (Å²) in [6.07, 6.45) is 4.19. The maximum atomic E-state index is 13.1. The van der Waals surface area contributed by atoms with Gasteiger partial charge in [0.1, 0.15) is 6.04 Å². The van der Waals surface area contributed by atoms with Crippen LogP contribution in [-0.4, -0.2) is 35.5 Å². The fraction of sp³-hybridized carbons (Fsp3) is 0.500. The first-order chi connectivity index (χ1) is 11.0. The van der Waals surface area contributed by atoms with Gasteiger partial charge in [-0.05, 0) is 30.5 Å². The number of rotatable bonds is 4. The molecule has 1 atom stereocenters. The van der Waals surface area contributed by atoms with Crippen molar-refractivity contribution in [1.82, 2.24) is 15.5 Å². The number of halogens is 2. The van der Waals surface area contributed by atoms with Crippen molar-refractivity contribution in [3.8, 4) is 0 Å². The second-order valence-corrected chi connectivity index (χ2v) is 6.06. The lowest BCUT2D eigenvalue weighted by atomic mass is 10.2. The standard InChI is InChI=1S/C16H19F2N3O2/c17-12-6-5-10(7-13(12)18)8-19-15(22)14-9-21(16(23)20-14)11-3-1-2-4-11/h5-7,11,14H,1-4,8-9H2,(H,19,22)(H,20,23). The predicted molar refractivity (Wildman–Crippen MR) is 79.5 cm³/mol. The van der Waals surface area contributed by atoms with Gasteiger partial charge in [0.05, 0.1) is 6.54 Å². The molecule has 2 aliphatic rings. The molecule has 7 heteroatoms. The Hall–Kier alpha value is -2.18. The molecule has 1 aliphatic carbocycles. The molecule has 23 heavy (non-hydrogen) atoms. The van der Waals surface area contributed by atoms with Crippen molar-refractivity contribution in [3.05, 3.63) is 35.4 Å². The third-order valence-electron chi connectivity index (χ3n) is 4.47. The van der Waals surface area contributed by atoms with Gasteiger partial charge in [-0.1, -0.05) is 18.9 Å². The van der Waals surface area contributed by atoms with Crippen molar-refractivity contribution in [1.29, 1.82) is 0 Å². The number of hydrogen-bond donors (Lipinski definition) is 2. The van der Waals surface area contributed by atoms with Crippen LogP contribution in [0.15, 0.2) is 18.2 Å². The molecule has 1 aliphatic heterocycles. The molecule has 0 bridgehead atoms. The van der Waals surface area contributed by atoms with E-state index in [4.69, 9.17) is 0 Å². The monoisotopic (exact) mass is 323 g/mol. The third-order valence-corrected chi connectivity index (χ3v) is 4.47. The first-order valence-electron chi connectivity index (χ1n) is 7.83. The smallest absolute Gasteiger partial charge is 0.318 e. The zero-order valence-electron chi connectivity index (χ0n) is 12.6. The van der Waals surface area contributed by atoms with E-state index in [-0.39, 0.29) is 24.5 Å². The van der Waals surface area contributed by atoms with E-state index in [1.807, 2.05) is 0 Å². The minimum absolute atomic E-state index is 0.0891. The van der Waals surface area contributed by atoms with E-state index in [1.54, 1.807) is 4.90 Å². The van der Waals surface area contributed by atoms with Crippen LogP contribution in [0.25, 0.3) is 0 Å². The zero-order valence-corrected chi connectivity index (χ0v) is 12.6. The first kappa shape index (κ1) is 15.7. The quantitative estimate of drug-likeness (QED) is 0.889. The van der Waals surface area contributed by atoms with E-state index in [2.05, 4.69) is 10.6 Å². The average molecular weight is 323 g/mol. The molecule has 1 saturated heterocycles. The number of nitrogens with one attached hydrogen (secondary N) is 2. The van der Waals surface area contributed by atoms with Crippen molar-refractivity contribution in [2.75, 3.05) is 6.54 Å². The van der Waals surface area contributed by atoms with Crippen molar-refractivity contribution in [2.24, 2.45) is 0 Å². The van der Waals surface area contributed by atoms with Crippen LogP contribution in [0.4, 0.5) is 13.6 Å².